The fourth-order valence-electron chi connectivity index (χ4n) is 0.689. The molecule has 120 valence electrons. The van der Waals surface area contributed by atoms with E-state index in [1.807, 2.05) is 17.8 Å². The van der Waals surface area contributed by atoms with Crippen LogP contribution in [0.25, 0.3) is 4.78 Å². The first-order chi connectivity index (χ1) is 9.02. The summed E-state index contributed by atoms with van der Waals surface area (Å²) < 4.78 is 86.2. The number of nitrogens with zero attached hydrogens (tertiary/aromatic N) is 3. The molecule has 1 heterocycles. The van der Waals surface area contributed by atoms with Crippen molar-refractivity contribution in [3.8, 4) is 0 Å². The van der Waals surface area contributed by atoms with Crippen LogP contribution in [0, 0.1) is 0 Å². The minimum atomic E-state index is -3.67. The summed E-state index contributed by atoms with van der Waals surface area (Å²) >= 11 is 0. The Morgan fingerprint density at radius 3 is 1.55 bits per heavy atom. The Bertz CT molecular complexity index is 404. The first-order valence-electron chi connectivity index (χ1n) is 4.66. The molecule has 0 aliphatic carbocycles. The van der Waals surface area contributed by atoms with E-state index in [9.17, 15) is 26.3 Å². The third-order valence-corrected chi connectivity index (χ3v) is 1.19. The van der Waals surface area contributed by atoms with Gasteiger partial charge < -0.3 is 4.78 Å². The van der Waals surface area contributed by atoms with E-state index in [-0.39, 0.29) is 0 Å². The molecule has 0 aromatic carbocycles. The standard InChI is InChI=1S/C6H11N2.2CHF3.NO2S/c1-3-8-5-4-7(2)6-8;2*2-1(3)4;1-4(2)3/h4-6H,3H2,1-2H3;2*1H;/q+1;;;-1. The number of rotatable bonds is 1. The van der Waals surface area contributed by atoms with Gasteiger partial charge in [0.05, 0.1) is 13.6 Å². The highest BCUT2D eigenvalue weighted by atomic mass is 32.2. The van der Waals surface area contributed by atoms with Crippen LogP contribution in [0.1, 0.15) is 6.92 Å². The van der Waals surface area contributed by atoms with Crippen molar-refractivity contribution in [2.24, 2.45) is 7.05 Å². The second-order valence-corrected chi connectivity index (χ2v) is 3.06. The monoisotopic (exact) mass is 329 g/mol. The van der Waals surface area contributed by atoms with E-state index in [0.29, 0.717) is 0 Å². The second kappa shape index (κ2) is 15.5. The minimum absolute atomic E-state index is 1.06. The molecule has 0 radical (unpaired) electrons. The number of aromatic nitrogens is 2. The Hall–Kier alpha value is -1.59. The molecule has 0 amide bonds. The van der Waals surface area contributed by atoms with Crippen molar-refractivity contribution in [2.75, 3.05) is 0 Å². The Balaban J connectivity index is -0.000000209. The number of aryl methyl sites for hydroxylation is 2. The van der Waals surface area contributed by atoms with Gasteiger partial charge in [-0.3, -0.25) is 0 Å². The largest absolute Gasteiger partial charge is 0.686 e. The van der Waals surface area contributed by atoms with Gasteiger partial charge in [0.2, 0.25) is 6.33 Å². The molecule has 0 unspecified atom stereocenters. The Morgan fingerprint density at radius 1 is 1.15 bits per heavy atom. The van der Waals surface area contributed by atoms with Gasteiger partial charge in [0.1, 0.15) is 22.9 Å². The van der Waals surface area contributed by atoms with Gasteiger partial charge >= 0.3 is 13.4 Å². The third kappa shape index (κ3) is 44.0. The van der Waals surface area contributed by atoms with Crippen LogP contribution < -0.4 is 4.57 Å². The average Bonchev–Trinajstić information content (AvgIpc) is 2.61. The zero-order chi connectivity index (χ0) is 16.7. The van der Waals surface area contributed by atoms with Crippen molar-refractivity contribution in [1.82, 2.24) is 4.57 Å². The molecule has 0 fully saturated rings. The van der Waals surface area contributed by atoms with Crippen LogP contribution in [-0.4, -0.2) is 26.3 Å². The molecule has 1 aromatic heterocycles. The Labute approximate surface area is 112 Å². The van der Waals surface area contributed by atoms with Gasteiger partial charge in [-0.1, -0.05) is 0 Å². The zero-order valence-corrected chi connectivity index (χ0v) is 11.2. The van der Waals surface area contributed by atoms with Crippen LogP contribution in [0.15, 0.2) is 18.7 Å². The van der Waals surface area contributed by atoms with E-state index < -0.39 is 23.9 Å². The first-order valence-corrected chi connectivity index (χ1v) is 5.69. The number of imidazole rings is 1. The smallest absolute Gasteiger partial charge is 0.379 e. The maximum Gasteiger partial charge on any atom is 0.379 e. The zero-order valence-electron chi connectivity index (χ0n) is 10.4. The fraction of sp³-hybridized carbons (Fsp3) is 0.625. The molecule has 0 saturated carbocycles. The van der Waals surface area contributed by atoms with Crippen LogP contribution in [0.3, 0.4) is 0 Å². The van der Waals surface area contributed by atoms with Crippen molar-refractivity contribution in [2.45, 2.75) is 26.8 Å². The van der Waals surface area contributed by atoms with Gasteiger partial charge in [0.25, 0.3) is 0 Å². The molecule has 0 aliphatic rings. The maximum atomic E-state index is 9.67. The molecule has 0 bridgehead atoms. The lowest BCUT2D eigenvalue weighted by atomic mass is 10.7. The van der Waals surface area contributed by atoms with Gasteiger partial charge in [-0.2, -0.15) is 26.3 Å². The van der Waals surface area contributed by atoms with Gasteiger partial charge in [-0.15, -0.1) is 0 Å². The number of halogens is 6. The molecule has 1 aromatic rings. The van der Waals surface area contributed by atoms with E-state index in [2.05, 4.69) is 24.0 Å². The van der Waals surface area contributed by atoms with Crippen LogP contribution in [0.2, 0.25) is 0 Å². The summed E-state index contributed by atoms with van der Waals surface area (Å²) in [6, 6.07) is 0. The highest BCUT2D eigenvalue weighted by molar-refractivity contribution is 7.63. The summed E-state index contributed by atoms with van der Waals surface area (Å²) in [6.07, 6.45) is 6.14. The normalized spacial score (nSPS) is 8.70. The van der Waals surface area contributed by atoms with E-state index in [1.54, 1.807) is 0 Å². The van der Waals surface area contributed by atoms with E-state index in [1.165, 1.54) is 0 Å². The maximum absolute atomic E-state index is 9.67. The minimum Gasteiger partial charge on any atom is -0.686 e. The fourth-order valence-corrected chi connectivity index (χ4v) is 0.689. The quantitative estimate of drug-likeness (QED) is 0.586. The van der Waals surface area contributed by atoms with Crippen molar-refractivity contribution >= 4 is 10.5 Å². The molecule has 5 nitrogen and oxygen atoms in total. The summed E-state index contributed by atoms with van der Waals surface area (Å²) in [5, 5.41) is 0. The van der Waals surface area contributed by atoms with E-state index in [0.717, 1.165) is 6.54 Å². The van der Waals surface area contributed by atoms with Gasteiger partial charge in [-0.05, 0) is 6.92 Å². The Kier molecular flexibility index (Phi) is 18.2. The highest BCUT2D eigenvalue weighted by Gasteiger charge is 1.92. The lowest BCUT2D eigenvalue weighted by Gasteiger charge is -1.81. The highest BCUT2D eigenvalue weighted by Crippen LogP contribution is 1.87. The van der Waals surface area contributed by atoms with Crippen LogP contribution in [0.5, 0.6) is 0 Å². The summed E-state index contributed by atoms with van der Waals surface area (Å²) in [6.45, 7) is -4.15. The van der Waals surface area contributed by atoms with E-state index in [4.69, 9.17) is 13.2 Å². The average molecular weight is 329 g/mol. The lowest BCUT2D eigenvalue weighted by molar-refractivity contribution is -0.671. The molecule has 0 atom stereocenters. The molecule has 0 aliphatic heterocycles. The molecule has 20 heavy (non-hydrogen) atoms. The second-order valence-electron chi connectivity index (χ2n) is 2.62. The van der Waals surface area contributed by atoms with Crippen molar-refractivity contribution in [1.29, 1.82) is 0 Å². The Morgan fingerprint density at radius 2 is 1.45 bits per heavy atom. The topological polar surface area (TPSA) is 65.2 Å². The summed E-state index contributed by atoms with van der Waals surface area (Å²) in [7, 11) is -0.841. The summed E-state index contributed by atoms with van der Waals surface area (Å²) in [5.74, 6) is 0. The summed E-state index contributed by atoms with van der Waals surface area (Å²) in [4.78, 5) is 0. The lowest BCUT2D eigenvalue weighted by Crippen LogP contribution is -2.23. The van der Waals surface area contributed by atoms with Crippen LogP contribution >= 0.6 is 0 Å². The number of alkyl halides is 6. The van der Waals surface area contributed by atoms with Crippen molar-refractivity contribution in [3.63, 3.8) is 0 Å². The van der Waals surface area contributed by atoms with Gasteiger partial charge in [0, 0.05) is 0 Å². The molecular weight excluding hydrogens is 316 g/mol. The van der Waals surface area contributed by atoms with Crippen LogP contribution in [-0.2, 0) is 24.1 Å². The van der Waals surface area contributed by atoms with E-state index >= 15 is 0 Å². The number of hydrogen-bond acceptors (Lipinski definition) is 2. The molecule has 0 saturated heterocycles. The molecule has 1 rings (SSSR count). The molecule has 12 heteroatoms. The predicted molar refractivity (Wildman–Crippen MR) is 57.8 cm³/mol. The number of hydrogen-bond donors (Lipinski definition) is 0. The van der Waals surface area contributed by atoms with Gasteiger partial charge in [0.15, 0.2) is 0 Å². The van der Waals surface area contributed by atoms with Crippen molar-refractivity contribution < 1.29 is 39.3 Å². The van der Waals surface area contributed by atoms with Crippen LogP contribution in [0.4, 0.5) is 26.3 Å². The van der Waals surface area contributed by atoms with Crippen molar-refractivity contribution in [3.05, 3.63) is 23.5 Å². The molecular formula is C8H13F6N3O2S. The SMILES string of the molecule is CCn1cc[n+](C)c1.FC(F)F.FC(F)F.[N-]=S(=O)=O. The predicted octanol–water partition coefficient (Wildman–Crippen LogP) is 2.31. The summed E-state index contributed by atoms with van der Waals surface area (Å²) in [5.41, 5.74) is 0. The third-order valence-electron chi connectivity index (χ3n) is 1.19. The first kappa shape index (κ1) is 23.5. The molecule has 0 spiro atoms. The molecule has 0 N–H and O–H groups in total. The van der Waals surface area contributed by atoms with Gasteiger partial charge in [-0.25, -0.2) is 17.6 Å².